The molecule has 1 aromatic carbocycles. The first kappa shape index (κ1) is 18.6. The van der Waals surface area contributed by atoms with Crippen molar-refractivity contribution in [3.63, 3.8) is 0 Å². The highest BCUT2D eigenvalue weighted by atomic mass is 32.2. The minimum atomic E-state index is -3.51. The molecule has 0 unspecified atom stereocenters. The van der Waals surface area contributed by atoms with Crippen molar-refractivity contribution in [1.82, 2.24) is 4.72 Å². The number of nitriles is 1. The van der Waals surface area contributed by atoms with Gasteiger partial charge in [-0.25, -0.2) is 13.1 Å². The van der Waals surface area contributed by atoms with Gasteiger partial charge in [-0.2, -0.15) is 5.26 Å². The van der Waals surface area contributed by atoms with E-state index in [-0.39, 0.29) is 10.9 Å². The summed E-state index contributed by atoms with van der Waals surface area (Å²) in [7, 11) is -3.51. The third-order valence-corrected chi connectivity index (χ3v) is 5.42. The van der Waals surface area contributed by atoms with Gasteiger partial charge < -0.3 is 4.90 Å². The van der Waals surface area contributed by atoms with Crippen molar-refractivity contribution in [3.05, 3.63) is 29.8 Å². The topological polar surface area (TPSA) is 74.4 Å². The summed E-state index contributed by atoms with van der Waals surface area (Å²) in [6.45, 7) is 9.48. The average molecular weight is 324 g/mol. The lowest BCUT2D eigenvalue weighted by Gasteiger charge is -2.18. The van der Waals surface area contributed by atoms with Gasteiger partial charge in [-0.05, 0) is 57.9 Å². The maximum atomic E-state index is 12.3. The lowest BCUT2D eigenvalue weighted by atomic mass is 10.2. The molecule has 0 bridgehead atoms. The van der Waals surface area contributed by atoms with Crippen LogP contribution in [0.5, 0.6) is 0 Å². The van der Waals surface area contributed by atoms with Crippen LogP contribution in [0.2, 0.25) is 0 Å². The highest BCUT2D eigenvalue weighted by molar-refractivity contribution is 7.89. The smallest absolute Gasteiger partial charge is 0.240 e. The Bertz CT molecular complexity index is 587. The summed E-state index contributed by atoms with van der Waals surface area (Å²) < 4.78 is 27.2. The van der Waals surface area contributed by atoms with E-state index in [1.54, 1.807) is 0 Å². The Balaban J connectivity index is 2.54. The predicted octanol–water partition coefficient (Wildman–Crippen LogP) is 0.930. The van der Waals surface area contributed by atoms with E-state index < -0.39 is 10.0 Å². The molecule has 0 saturated carbocycles. The second kappa shape index (κ2) is 8.89. The van der Waals surface area contributed by atoms with Crippen molar-refractivity contribution in [2.24, 2.45) is 0 Å². The third-order valence-electron chi connectivity index (χ3n) is 3.82. The van der Waals surface area contributed by atoms with E-state index in [4.69, 9.17) is 5.26 Å². The second-order valence-electron chi connectivity index (χ2n) is 5.51. The first-order valence-corrected chi connectivity index (χ1v) is 9.27. The van der Waals surface area contributed by atoms with Crippen LogP contribution in [0.4, 0.5) is 0 Å². The number of nitrogens with zero attached hydrogens (tertiary/aromatic N) is 1. The zero-order valence-electron chi connectivity index (χ0n) is 13.6. The van der Waals surface area contributed by atoms with E-state index in [0.717, 1.165) is 32.5 Å². The summed E-state index contributed by atoms with van der Waals surface area (Å²) in [4.78, 5) is 1.73. The first-order valence-electron chi connectivity index (χ1n) is 7.79. The molecule has 22 heavy (non-hydrogen) atoms. The molecule has 0 aliphatic carbocycles. The van der Waals surface area contributed by atoms with E-state index in [1.165, 1.54) is 29.2 Å². The van der Waals surface area contributed by atoms with Crippen molar-refractivity contribution in [2.75, 3.05) is 19.6 Å². The molecule has 1 aromatic rings. The molecular formula is C16H26N3O2S+. The molecule has 0 radical (unpaired) electrons. The van der Waals surface area contributed by atoms with Gasteiger partial charge in [0.15, 0.2) is 0 Å². The molecule has 1 atom stereocenters. The summed E-state index contributed by atoms with van der Waals surface area (Å²) in [5, 5.41) is 8.74. The molecule has 0 aliphatic rings. The zero-order chi connectivity index (χ0) is 16.6. The molecule has 0 aliphatic heterocycles. The van der Waals surface area contributed by atoms with Gasteiger partial charge in [0.05, 0.1) is 36.2 Å². The van der Waals surface area contributed by atoms with Crippen LogP contribution >= 0.6 is 0 Å². The first-order chi connectivity index (χ1) is 10.4. The van der Waals surface area contributed by atoms with E-state index in [0.29, 0.717) is 5.56 Å². The summed E-state index contributed by atoms with van der Waals surface area (Å²) in [5.41, 5.74) is 0.453. The van der Waals surface area contributed by atoms with Crippen molar-refractivity contribution in [3.8, 4) is 6.07 Å². The monoisotopic (exact) mass is 324 g/mol. The zero-order valence-corrected chi connectivity index (χ0v) is 14.4. The van der Waals surface area contributed by atoms with E-state index in [1.807, 2.05) is 13.0 Å². The number of benzene rings is 1. The standard InChI is InChI=1S/C16H25N3O2S/c1-4-19(5-2)12-6-7-14(3)18-22(20,21)16-10-8-15(13-17)9-11-16/h8-11,14,18H,4-7,12H2,1-3H3/p+1/t14-/m1/s1. The molecule has 0 aromatic heterocycles. The molecule has 0 heterocycles. The van der Waals surface area contributed by atoms with Crippen molar-refractivity contribution >= 4 is 10.0 Å². The van der Waals surface area contributed by atoms with Gasteiger partial charge in [-0.3, -0.25) is 0 Å². The average Bonchev–Trinajstić information content (AvgIpc) is 2.51. The van der Waals surface area contributed by atoms with Crippen LogP contribution in [-0.2, 0) is 10.0 Å². The lowest BCUT2D eigenvalue weighted by molar-refractivity contribution is -0.896. The minimum Gasteiger partial charge on any atom is -0.335 e. The Labute approximate surface area is 134 Å². The van der Waals surface area contributed by atoms with Crippen LogP contribution in [0, 0.1) is 11.3 Å². The molecule has 1 rings (SSSR count). The van der Waals surface area contributed by atoms with Crippen LogP contribution in [-0.4, -0.2) is 34.1 Å². The van der Waals surface area contributed by atoms with Crippen molar-refractivity contribution in [1.29, 1.82) is 5.26 Å². The minimum absolute atomic E-state index is 0.101. The Morgan fingerprint density at radius 1 is 1.23 bits per heavy atom. The Morgan fingerprint density at radius 3 is 2.32 bits per heavy atom. The maximum Gasteiger partial charge on any atom is 0.240 e. The van der Waals surface area contributed by atoms with Gasteiger partial charge in [0.1, 0.15) is 0 Å². The van der Waals surface area contributed by atoms with Gasteiger partial charge in [0.2, 0.25) is 10.0 Å². The molecule has 2 N–H and O–H groups in total. The number of rotatable bonds is 9. The summed E-state index contributed by atoms with van der Waals surface area (Å²) in [5.74, 6) is 0. The van der Waals surface area contributed by atoms with Gasteiger partial charge >= 0.3 is 0 Å². The van der Waals surface area contributed by atoms with E-state index in [9.17, 15) is 8.42 Å². The second-order valence-corrected chi connectivity index (χ2v) is 7.22. The molecule has 122 valence electrons. The molecule has 5 nitrogen and oxygen atoms in total. The Kier molecular flexibility index (Phi) is 7.52. The number of quaternary nitrogens is 1. The van der Waals surface area contributed by atoms with Crippen molar-refractivity contribution in [2.45, 2.75) is 44.6 Å². The number of sulfonamides is 1. The molecule has 0 amide bonds. The van der Waals surface area contributed by atoms with Crippen LogP contribution in [0.3, 0.4) is 0 Å². The van der Waals surface area contributed by atoms with Crippen LogP contribution < -0.4 is 9.62 Å². The predicted molar refractivity (Wildman–Crippen MR) is 87.1 cm³/mol. The van der Waals surface area contributed by atoms with Crippen LogP contribution in [0.15, 0.2) is 29.2 Å². The van der Waals surface area contributed by atoms with Crippen LogP contribution in [0.1, 0.15) is 39.2 Å². The number of nitrogens with one attached hydrogen (secondary N) is 2. The van der Waals surface area contributed by atoms with Gasteiger partial charge in [-0.1, -0.05) is 0 Å². The maximum absolute atomic E-state index is 12.3. The summed E-state index contributed by atoms with van der Waals surface area (Å²) in [6, 6.07) is 7.84. The van der Waals surface area contributed by atoms with Crippen LogP contribution in [0.25, 0.3) is 0 Å². The number of hydrogen-bond donors (Lipinski definition) is 2. The van der Waals surface area contributed by atoms with Gasteiger partial charge in [0.25, 0.3) is 0 Å². The Hall–Kier alpha value is -1.42. The lowest BCUT2D eigenvalue weighted by Crippen LogP contribution is -3.11. The SMILES string of the molecule is CC[NH+](CC)CCC[C@@H](C)NS(=O)(=O)c1ccc(C#N)cc1. The fourth-order valence-corrected chi connectivity index (χ4v) is 3.64. The van der Waals surface area contributed by atoms with Crippen molar-refractivity contribution < 1.29 is 13.3 Å². The summed E-state index contributed by atoms with van der Waals surface area (Å²) >= 11 is 0. The highest BCUT2D eigenvalue weighted by Crippen LogP contribution is 2.11. The third kappa shape index (κ3) is 5.76. The highest BCUT2D eigenvalue weighted by Gasteiger charge is 2.17. The fraction of sp³-hybridized carbons (Fsp3) is 0.562. The molecule has 0 fully saturated rings. The van der Waals surface area contributed by atoms with E-state index in [2.05, 4.69) is 18.6 Å². The Morgan fingerprint density at radius 2 is 1.82 bits per heavy atom. The molecular weight excluding hydrogens is 298 g/mol. The molecule has 6 heteroatoms. The van der Waals surface area contributed by atoms with Gasteiger partial charge in [-0.15, -0.1) is 0 Å². The molecule has 0 saturated heterocycles. The largest absolute Gasteiger partial charge is 0.335 e. The molecule has 0 spiro atoms. The quantitative estimate of drug-likeness (QED) is 0.710. The van der Waals surface area contributed by atoms with Gasteiger partial charge in [0, 0.05) is 6.04 Å². The van der Waals surface area contributed by atoms with E-state index >= 15 is 0 Å². The number of hydrogen-bond acceptors (Lipinski definition) is 3. The normalized spacial score (nSPS) is 13.0. The summed E-state index contributed by atoms with van der Waals surface area (Å²) in [6.07, 6.45) is 1.81. The fourth-order valence-electron chi connectivity index (χ4n) is 2.36.